The molecule has 5 heteroatoms. The highest BCUT2D eigenvalue weighted by Crippen LogP contribution is 2.17. The van der Waals surface area contributed by atoms with E-state index in [1.165, 1.54) is 6.20 Å². The summed E-state index contributed by atoms with van der Waals surface area (Å²) in [5, 5.41) is 3.12. The highest BCUT2D eigenvalue weighted by molar-refractivity contribution is 14.1. The van der Waals surface area contributed by atoms with Crippen molar-refractivity contribution in [3.63, 3.8) is 0 Å². The summed E-state index contributed by atoms with van der Waals surface area (Å²) in [6, 6.07) is 6.04. The Morgan fingerprint density at radius 3 is 2.88 bits per heavy atom. The van der Waals surface area contributed by atoms with Crippen LogP contribution in [0.5, 0.6) is 0 Å². The number of aliphatic imine (C=N–C) groups is 1. The van der Waals surface area contributed by atoms with Crippen molar-refractivity contribution in [2.75, 3.05) is 7.05 Å². The molecule has 0 aliphatic carbocycles. The second kappa shape index (κ2) is 7.00. The van der Waals surface area contributed by atoms with Crippen molar-refractivity contribution in [3.8, 4) is 0 Å². The van der Waals surface area contributed by atoms with Crippen LogP contribution in [0.25, 0.3) is 5.57 Å². The molecule has 0 bridgehead atoms. The van der Waals surface area contributed by atoms with E-state index < -0.39 is 0 Å². The lowest BCUT2D eigenvalue weighted by atomic mass is 10.2. The second-order valence-corrected chi connectivity index (χ2v) is 4.95. The van der Waals surface area contributed by atoms with Crippen LogP contribution in [0.3, 0.4) is 0 Å². The molecule has 0 aromatic carbocycles. The fourth-order valence-electron chi connectivity index (χ4n) is 1.13. The van der Waals surface area contributed by atoms with E-state index in [4.69, 9.17) is 0 Å². The zero-order valence-corrected chi connectivity index (χ0v) is 13.1. The third-order valence-corrected chi connectivity index (χ3v) is 3.82. The topological polar surface area (TPSA) is 28.3 Å². The number of rotatable bonds is 4. The first-order valence-corrected chi connectivity index (χ1v) is 6.64. The van der Waals surface area contributed by atoms with Gasteiger partial charge in [-0.3, -0.25) is 4.99 Å². The SMILES string of the molecule is C=C/N=C\C(=C(\I)NC)c1cccc[n+]1I. The lowest BCUT2D eigenvalue weighted by Crippen LogP contribution is -2.25. The minimum Gasteiger partial charge on any atom is -0.382 e. The molecular weight excluding hydrogens is 428 g/mol. The largest absolute Gasteiger partial charge is 0.382 e. The summed E-state index contributed by atoms with van der Waals surface area (Å²) in [6.45, 7) is 3.58. The van der Waals surface area contributed by atoms with Gasteiger partial charge in [-0.25, -0.2) is 0 Å². The third kappa shape index (κ3) is 3.55. The first kappa shape index (κ1) is 13.6. The van der Waals surface area contributed by atoms with E-state index in [0.29, 0.717) is 0 Å². The fourth-order valence-corrected chi connectivity index (χ4v) is 2.15. The molecule has 3 nitrogen and oxygen atoms in total. The second-order valence-electron chi connectivity index (χ2n) is 2.84. The minimum atomic E-state index is 1.04. The van der Waals surface area contributed by atoms with Crippen LogP contribution in [0, 0.1) is 0 Å². The maximum Gasteiger partial charge on any atom is 0.354 e. The van der Waals surface area contributed by atoms with Gasteiger partial charge in [0, 0.05) is 31.6 Å². The Hall–Kier alpha value is -0.440. The maximum absolute atomic E-state index is 4.08. The van der Waals surface area contributed by atoms with Crippen molar-refractivity contribution in [2.45, 2.75) is 0 Å². The summed E-state index contributed by atoms with van der Waals surface area (Å²) in [7, 11) is 1.89. The van der Waals surface area contributed by atoms with E-state index in [1.54, 1.807) is 6.21 Å². The van der Waals surface area contributed by atoms with Gasteiger partial charge in [0.2, 0.25) is 5.69 Å². The molecule has 0 aliphatic heterocycles. The lowest BCUT2D eigenvalue weighted by molar-refractivity contribution is -0.443. The monoisotopic (exact) mass is 440 g/mol. The molecule has 0 spiro atoms. The number of allylic oxidation sites excluding steroid dienone is 1. The molecule has 1 rings (SSSR count). The molecule has 0 saturated heterocycles. The van der Waals surface area contributed by atoms with Gasteiger partial charge >= 0.3 is 22.9 Å². The zero-order chi connectivity index (χ0) is 12.0. The van der Waals surface area contributed by atoms with Crippen molar-refractivity contribution >= 4 is 57.2 Å². The summed E-state index contributed by atoms with van der Waals surface area (Å²) in [4.78, 5) is 4.08. The van der Waals surface area contributed by atoms with Crippen molar-refractivity contribution in [2.24, 2.45) is 4.99 Å². The number of hydrogen-bond acceptors (Lipinski definition) is 2. The average Bonchev–Trinajstić information content (AvgIpc) is 2.31. The van der Waals surface area contributed by atoms with E-state index in [1.807, 2.05) is 34.2 Å². The van der Waals surface area contributed by atoms with E-state index in [2.05, 4.69) is 62.3 Å². The van der Waals surface area contributed by atoms with Gasteiger partial charge in [-0.1, -0.05) is 6.58 Å². The molecule has 1 N–H and O–H groups in total. The summed E-state index contributed by atoms with van der Waals surface area (Å²) < 4.78 is 3.07. The van der Waals surface area contributed by atoms with Crippen molar-refractivity contribution < 1.29 is 2.78 Å². The number of nitrogens with one attached hydrogen (secondary N) is 1. The Balaban J connectivity index is 3.28. The Morgan fingerprint density at radius 1 is 1.56 bits per heavy atom. The normalized spacial score (nSPS) is 12.4. The standard InChI is InChI=1S/C11H11I2N3/c1-3-15-8-9(11(12)14-2)10-6-4-5-7-16(10)13/h3-8H,1H2,2H3/p+1/b15-8-. The molecule has 0 fully saturated rings. The van der Waals surface area contributed by atoms with E-state index in [0.717, 1.165) is 15.0 Å². The van der Waals surface area contributed by atoms with Gasteiger partial charge in [-0.15, -0.1) is 2.78 Å². The van der Waals surface area contributed by atoms with Crippen LogP contribution in [0.4, 0.5) is 0 Å². The van der Waals surface area contributed by atoms with E-state index >= 15 is 0 Å². The van der Waals surface area contributed by atoms with Crippen molar-refractivity contribution in [3.05, 3.63) is 46.6 Å². The number of halogens is 2. The lowest BCUT2D eigenvalue weighted by Gasteiger charge is -2.03. The fraction of sp³-hybridized carbons (Fsp3) is 0.0909. The van der Waals surface area contributed by atoms with Gasteiger partial charge in [0.05, 0.1) is 9.28 Å². The summed E-state index contributed by atoms with van der Waals surface area (Å²) >= 11 is 4.49. The van der Waals surface area contributed by atoms with Gasteiger partial charge in [-0.2, -0.15) is 0 Å². The zero-order valence-electron chi connectivity index (χ0n) is 8.82. The maximum atomic E-state index is 4.08. The molecular formula is C11H12I2N3+. The van der Waals surface area contributed by atoms with Crippen LogP contribution in [-0.4, -0.2) is 13.3 Å². The predicted molar refractivity (Wildman–Crippen MR) is 84.7 cm³/mol. The highest BCUT2D eigenvalue weighted by Gasteiger charge is 2.14. The Labute approximate surface area is 123 Å². The minimum absolute atomic E-state index is 1.04. The molecule has 0 amide bonds. The molecule has 16 heavy (non-hydrogen) atoms. The van der Waals surface area contributed by atoms with Crippen LogP contribution in [-0.2, 0) is 0 Å². The van der Waals surface area contributed by atoms with Crippen LogP contribution >= 0.6 is 45.5 Å². The van der Waals surface area contributed by atoms with Crippen LogP contribution in [0.1, 0.15) is 5.69 Å². The number of hydrogen-bond donors (Lipinski definition) is 1. The van der Waals surface area contributed by atoms with Gasteiger partial charge in [0.15, 0.2) is 6.20 Å². The van der Waals surface area contributed by atoms with Gasteiger partial charge < -0.3 is 5.32 Å². The molecule has 84 valence electrons. The van der Waals surface area contributed by atoms with Crippen LogP contribution in [0.15, 0.2) is 45.9 Å². The first-order valence-electron chi connectivity index (χ1n) is 4.59. The molecule has 1 heterocycles. The number of pyridine rings is 1. The average molecular weight is 440 g/mol. The molecule has 1 aromatic rings. The molecule has 0 aliphatic rings. The van der Waals surface area contributed by atoms with E-state index in [-0.39, 0.29) is 0 Å². The molecule has 1 aromatic heterocycles. The van der Waals surface area contributed by atoms with Gasteiger partial charge in [0.1, 0.15) is 0 Å². The first-order chi connectivity index (χ1) is 7.70. The Bertz CT molecular complexity index is 439. The molecule has 0 radical (unpaired) electrons. The highest BCUT2D eigenvalue weighted by atomic mass is 127. The molecule has 0 saturated carbocycles. The van der Waals surface area contributed by atoms with Crippen LogP contribution in [0.2, 0.25) is 0 Å². The predicted octanol–water partition coefficient (Wildman–Crippen LogP) is 2.71. The number of aromatic nitrogens is 1. The van der Waals surface area contributed by atoms with E-state index in [9.17, 15) is 0 Å². The molecule has 0 atom stereocenters. The third-order valence-electron chi connectivity index (χ3n) is 1.85. The van der Waals surface area contributed by atoms with Crippen LogP contribution < -0.4 is 8.10 Å². The quantitative estimate of drug-likeness (QED) is 0.436. The van der Waals surface area contributed by atoms with Crippen molar-refractivity contribution in [1.29, 1.82) is 0 Å². The Kier molecular flexibility index (Phi) is 5.96. The van der Waals surface area contributed by atoms with Crippen molar-refractivity contribution in [1.82, 2.24) is 5.32 Å². The number of nitrogens with zero attached hydrogens (tertiary/aromatic N) is 2. The van der Waals surface area contributed by atoms with Gasteiger partial charge in [-0.05, 0) is 28.7 Å². The van der Waals surface area contributed by atoms with Gasteiger partial charge in [0.25, 0.3) is 0 Å². The summed E-state index contributed by atoms with van der Waals surface area (Å²) in [5.41, 5.74) is 2.13. The summed E-state index contributed by atoms with van der Waals surface area (Å²) in [6.07, 6.45) is 5.33. The Morgan fingerprint density at radius 2 is 2.31 bits per heavy atom. The summed E-state index contributed by atoms with van der Waals surface area (Å²) in [5.74, 6) is 0. The molecule has 0 unspecified atom stereocenters. The smallest absolute Gasteiger partial charge is 0.354 e.